The van der Waals surface area contributed by atoms with Gasteiger partial charge in [0.2, 0.25) is 5.91 Å². The van der Waals surface area contributed by atoms with Gasteiger partial charge in [-0.3, -0.25) is 18.7 Å². The van der Waals surface area contributed by atoms with E-state index in [2.05, 4.69) is 9.69 Å². The summed E-state index contributed by atoms with van der Waals surface area (Å²) in [5, 5.41) is 4.36. The molecular weight excluding hydrogens is 356 g/mol. The van der Waals surface area contributed by atoms with E-state index >= 15 is 0 Å². The van der Waals surface area contributed by atoms with Crippen LogP contribution in [-0.4, -0.2) is 26.5 Å². The van der Waals surface area contributed by atoms with Gasteiger partial charge in [-0.05, 0) is 36.5 Å². The lowest BCUT2D eigenvalue weighted by molar-refractivity contribution is -0.116. The van der Waals surface area contributed by atoms with Gasteiger partial charge in [0, 0.05) is 11.4 Å². The predicted octanol–water partition coefficient (Wildman–Crippen LogP) is 1.60. The lowest BCUT2D eigenvalue weighted by atomic mass is 10.3. The lowest BCUT2D eigenvalue weighted by Gasteiger charge is -2.13. The molecule has 1 amide bonds. The van der Waals surface area contributed by atoms with Crippen LogP contribution in [0, 0.1) is 0 Å². The molecule has 0 unspecified atom stereocenters. The number of fused-ring (bicyclic) bond motifs is 1. The van der Waals surface area contributed by atoms with Crippen LogP contribution >= 0.6 is 11.5 Å². The molecule has 0 radical (unpaired) electrons. The Morgan fingerprint density at radius 1 is 1.35 bits per heavy atom. The molecule has 1 aliphatic rings. The zero-order valence-electron chi connectivity index (χ0n) is 14.0. The Labute approximate surface area is 151 Å². The van der Waals surface area contributed by atoms with Crippen LogP contribution in [0.1, 0.15) is 18.9 Å². The normalized spacial score (nSPS) is 13.7. The van der Waals surface area contributed by atoms with Crippen LogP contribution < -0.4 is 21.3 Å². The Kier molecular flexibility index (Phi) is 4.08. The summed E-state index contributed by atoms with van der Waals surface area (Å²) in [6.45, 7) is -0.210. The number of hydrogen-bond donors (Lipinski definition) is 1. The monoisotopic (exact) mass is 372 g/mol. The van der Waals surface area contributed by atoms with Gasteiger partial charge in [-0.25, -0.2) is 4.79 Å². The molecule has 0 spiro atoms. The van der Waals surface area contributed by atoms with Crippen LogP contribution in [0.15, 0.2) is 39.2 Å². The first kappa shape index (κ1) is 16.5. The highest BCUT2D eigenvalue weighted by atomic mass is 32.1. The van der Waals surface area contributed by atoms with Gasteiger partial charge in [-0.2, -0.15) is 4.37 Å². The Hall–Kier alpha value is -2.94. The van der Waals surface area contributed by atoms with Crippen LogP contribution in [0.3, 0.4) is 0 Å². The molecule has 1 fully saturated rings. The van der Waals surface area contributed by atoms with E-state index in [0.29, 0.717) is 17.0 Å². The number of aromatic nitrogens is 3. The molecule has 1 N–H and O–H groups in total. The van der Waals surface area contributed by atoms with Gasteiger partial charge in [-0.1, -0.05) is 12.1 Å². The van der Waals surface area contributed by atoms with Crippen molar-refractivity contribution in [3.63, 3.8) is 0 Å². The molecule has 1 aliphatic carbocycles. The minimum atomic E-state index is -0.472. The number of rotatable bonds is 5. The highest BCUT2D eigenvalue weighted by Gasteiger charge is 2.29. The number of anilines is 1. The summed E-state index contributed by atoms with van der Waals surface area (Å²) in [6.07, 6.45) is 1.58. The van der Waals surface area contributed by atoms with Crippen molar-refractivity contribution in [2.24, 2.45) is 0 Å². The van der Waals surface area contributed by atoms with E-state index in [1.54, 1.807) is 29.6 Å². The second kappa shape index (κ2) is 6.41. The Balaban J connectivity index is 1.71. The fourth-order valence-corrected chi connectivity index (χ4v) is 3.56. The van der Waals surface area contributed by atoms with Crippen LogP contribution in [0.25, 0.3) is 11.0 Å². The SMILES string of the molecule is COc1ccccc1NC(=O)Cn1c(=O)n(C2CC2)c(=O)c2nscc21. The number of methoxy groups -OCH3 is 1. The summed E-state index contributed by atoms with van der Waals surface area (Å²) in [4.78, 5) is 37.8. The molecule has 134 valence electrons. The average molecular weight is 372 g/mol. The number of para-hydroxylation sites is 2. The second-order valence-corrected chi connectivity index (χ2v) is 6.70. The minimum Gasteiger partial charge on any atom is -0.495 e. The number of benzene rings is 1. The molecule has 8 nitrogen and oxygen atoms in total. The van der Waals surface area contributed by atoms with Crippen LogP contribution in [0.4, 0.5) is 5.69 Å². The van der Waals surface area contributed by atoms with Crippen molar-refractivity contribution in [1.82, 2.24) is 13.5 Å². The van der Waals surface area contributed by atoms with Crippen molar-refractivity contribution in [1.29, 1.82) is 0 Å². The minimum absolute atomic E-state index is 0.0929. The quantitative estimate of drug-likeness (QED) is 0.734. The number of carbonyl (C=O) groups excluding carboxylic acids is 1. The molecule has 4 rings (SSSR count). The van der Waals surface area contributed by atoms with Crippen molar-refractivity contribution in [3.8, 4) is 5.75 Å². The van der Waals surface area contributed by atoms with Crippen molar-refractivity contribution < 1.29 is 9.53 Å². The zero-order chi connectivity index (χ0) is 18.3. The molecule has 9 heteroatoms. The van der Waals surface area contributed by atoms with E-state index in [-0.39, 0.29) is 29.6 Å². The topological polar surface area (TPSA) is 95.2 Å². The summed E-state index contributed by atoms with van der Waals surface area (Å²) in [5.74, 6) is 0.142. The fourth-order valence-electron chi connectivity index (χ4n) is 2.89. The van der Waals surface area contributed by atoms with Gasteiger partial charge in [0.05, 0.1) is 18.3 Å². The number of carbonyl (C=O) groups is 1. The maximum atomic E-state index is 12.8. The molecule has 0 aliphatic heterocycles. The molecule has 0 saturated heterocycles. The van der Waals surface area contributed by atoms with Gasteiger partial charge in [0.1, 0.15) is 12.3 Å². The molecule has 1 saturated carbocycles. The van der Waals surface area contributed by atoms with Gasteiger partial charge < -0.3 is 10.1 Å². The second-order valence-electron chi connectivity index (χ2n) is 6.07. The summed E-state index contributed by atoms with van der Waals surface area (Å²) in [6, 6.07) is 6.93. The maximum Gasteiger partial charge on any atom is 0.332 e. The van der Waals surface area contributed by atoms with E-state index in [1.807, 2.05) is 0 Å². The lowest BCUT2D eigenvalue weighted by Crippen LogP contribution is -2.41. The molecule has 0 atom stereocenters. The third-order valence-corrected chi connectivity index (χ3v) is 4.91. The zero-order valence-corrected chi connectivity index (χ0v) is 14.8. The Morgan fingerprint density at radius 2 is 2.12 bits per heavy atom. The third-order valence-electron chi connectivity index (χ3n) is 4.29. The number of nitrogens with zero attached hydrogens (tertiary/aromatic N) is 3. The standard InChI is InChI=1S/C17H16N4O4S/c1-25-13-5-3-2-4-11(13)18-14(22)8-20-12-9-26-19-15(12)16(23)21(17(20)24)10-6-7-10/h2-5,9-10H,6-8H2,1H3,(H,18,22). The van der Waals surface area contributed by atoms with E-state index in [1.165, 1.54) is 16.2 Å². The maximum absolute atomic E-state index is 12.8. The molecule has 26 heavy (non-hydrogen) atoms. The van der Waals surface area contributed by atoms with Gasteiger partial charge in [0.15, 0.2) is 5.52 Å². The third kappa shape index (κ3) is 2.80. The summed E-state index contributed by atoms with van der Waals surface area (Å²) < 4.78 is 11.9. The van der Waals surface area contributed by atoms with E-state index in [4.69, 9.17) is 4.74 Å². The largest absolute Gasteiger partial charge is 0.495 e. The fraction of sp³-hybridized carbons (Fsp3) is 0.294. The van der Waals surface area contributed by atoms with Crippen molar-refractivity contribution in [3.05, 3.63) is 50.5 Å². The predicted molar refractivity (Wildman–Crippen MR) is 98.0 cm³/mol. The molecule has 1 aromatic carbocycles. The highest BCUT2D eigenvalue weighted by Crippen LogP contribution is 2.32. The number of nitrogens with one attached hydrogen (secondary N) is 1. The first-order chi connectivity index (χ1) is 12.6. The molecule has 2 aromatic heterocycles. The van der Waals surface area contributed by atoms with Crippen LogP contribution in [-0.2, 0) is 11.3 Å². The van der Waals surface area contributed by atoms with Gasteiger partial charge in [0.25, 0.3) is 5.56 Å². The number of amides is 1. The van der Waals surface area contributed by atoms with Crippen molar-refractivity contribution >= 4 is 34.2 Å². The first-order valence-electron chi connectivity index (χ1n) is 8.12. The number of ether oxygens (including phenoxy) is 1. The summed E-state index contributed by atoms with van der Waals surface area (Å²) in [7, 11) is 1.52. The first-order valence-corrected chi connectivity index (χ1v) is 8.96. The van der Waals surface area contributed by atoms with Gasteiger partial charge >= 0.3 is 5.69 Å². The van der Waals surface area contributed by atoms with E-state index in [0.717, 1.165) is 24.4 Å². The molecule has 0 bridgehead atoms. The number of hydrogen-bond acceptors (Lipinski definition) is 6. The van der Waals surface area contributed by atoms with E-state index in [9.17, 15) is 14.4 Å². The van der Waals surface area contributed by atoms with Crippen molar-refractivity contribution in [2.45, 2.75) is 25.4 Å². The summed E-state index contributed by atoms with van der Waals surface area (Å²) >= 11 is 1.09. The van der Waals surface area contributed by atoms with Crippen molar-refractivity contribution in [2.75, 3.05) is 12.4 Å². The molecular formula is C17H16N4O4S. The molecule has 3 aromatic rings. The Morgan fingerprint density at radius 3 is 2.85 bits per heavy atom. The van der Waals surface area contributed by atoms with Gasteiger partial charge in [-0.15, -0.1) is 0 Å². The average Bonchev–Trinajstić information content (AvgIpc) is 3.34. The summed E-state index contributed by atoms with van der Waals surface area (Å²) in [5.41, 5.74) is 0.280. The molecule has 2 heterocycles. The Bertz CT molecular complexity index is 1110. The van der Waals surface area contributed by atoms with Crippen LogP contribution in [0.2, 0.25) is 0 Å². The van der Waals surface area contributed by atoms with Crippen LogP contribution in [0.5, 0.6) is 5.75 Å². The smallest absolute Gasteiger partial charge is 0.332 e. The highest BCUT2D eigenvalue weighted by molar-refractivity contribution is 7.04. The van der Waals surface area contributed by atoms with E-state index < -0.39 is 5.69 Å².